The number of alkyl halides is 5. The molecule has 0 radical (unpaired) electrons. The second-order valence-electron chi connectivity index (χ2n) is 3.59. The molecule has 0 unspecified atom stereocenters. The maximum absolute atomic E-state index is 13.0. The SMILES string of the molecule is FC(F)(F)C(F)(F)n1cc(-c2ccc(Br)cc2)nn1. The number of hydrogen-bond donors (Lipinski definition) is 0. The van der Waals surface area contributed by atoms with Gasteiger partial charge in [0.2, 0.25) is 0 Å². The molecule has 0 N–H and O–H groups in total. The molecule has 1 heterocycles. The van der Waals surface area contributed by atoms with Crippen molar-refractivity contribution in [2.45, 2.75) is 12.2 Å². The Kier molecular flexibility index (Phi) is 3.33. The van der Waals surface area contributed by atoms with E-state index < -0.39 is 16.9 Å². The zero-order chi connectivity index (χ0) is 14.3. The molecule has 3 nitrogen and oxygen atoms in total. The summed E-state index contributed by atoms with van der Waals surface area (Å²) >= 11 is 3.17. The third-order valence-corrected chi connectivity index (χ3v) is 2.79. The van der Waals surface area contributed by atoms with E-state index in [2.05, 4.69) is 26.2 Å². The minimum Gasteiger partial charge on any atom is -0.180 e. The highest BCUT2D eigenvalue weighted by molar-refractivity contribution is 9.10. The second kappa shape index (κ2) is 4.55. The van der Waals surface area contributed by atoms with Crippen LogP contribution in [0.2, 0.25) is 0 Å². The van der Waals surface area contributed by atoms with E-state index in [4.69, 9.17) is 0 Å². The van der Waals surface area contributed by atoms with Crippen LogP contribution >= 0.6 is 15.9 Å². The molecule has 0 atom stereocenters. The predicted molar refractivity (Wildman–Crippen MR) is 59.4 cm³/mol. The smallest absolute Gasteiger partial charge is 0.180 e. The number of hydrogen-bond acceptors (Lipinski definition) is 2. The summed E-state index contributed by atoms with van der Waals surface area (Å²) in [6.07, 6.45) is -5.17. The Hall–Kier alpha value is -1.51. The van der Waals surface area contributed by atoms with Crippen molar-refractivity contribution < 1.29 is 22.0 Å². The first-order valence-electron chi connectivity index (χ1n) is 4.85. The summed E-state index contributed by atoms with van der Waals surface area (Å²) in [5, 5.41) is 6.15. The van der Waals surface area contributed by atoms with Crippen LogP contribution in [0.15, 0.2) is 34.9 Å². The Morgan fingerprint density at radius 1 is 1.00 bits per heavy atom. The maximum atomic E-state index is 13.0. The molecule has 0 aliphatic carbocycles. The van der Waals surface area contributed by atoms with Crippen molar-refractivity contribution in [1.82, 2.24) is 15.0 Å². The molecule has 19 heavy (non-hydrogen) atoms. The molecule has 102 valence electrons. The fourth-order valence-electron chi connectivity index (χ4n) is 1.28. The van der Waals surface area contributed by atoms with E-state index >= 15 is 0 Å². The summed E-state index contributed by atoms with van der Waals surface area (Å²) in [6.45, 7) is 0. The summed E-state index contributed by atoms with van der Waals surface area (Å²) in [7, 11) is 0. The average molecular weight is 342 g/mol. The van der Waals surface area contributed by atoms with Gasteiger partial charge in [0, 0.05) is 10.0 Å². The van der Waals surface area contributed by atoms with Crippen LogP contribution in [0.25, 0.3) is 11.3 Å². The van der Waals surface area contributed by atoms with Crippen molar-refractivity contribution in [3.63, 3.8) is 0 Å². The van der Waals surface area contributed by atoms with Gasteiger partial charge < -0.3 is 0 Å². The Morgan fingerprint density at radius 3 is 2.11 bits per heavy atom. The van der Waals surface area contributed by atoms with Crippen molar-refractivity contribution in [3.8, 4) is 11.3 Å². The van der Waals surface area contributed by atoms with Gasteiger partial charge in [-0.2, -0.15) is 26.6 Å². The van der Waals surface area contributed by atoms with E-state index in [1.165, 1.54) is 12.1 Å². The molecule has 2 rings (SSSR count). The van der Waals surface area contributed by atoms with Crippen LogP contribution in [0.3, 0.4) is 0 Å². The highest BCUT2D eigenvalue weighted by Gasteiger charge is 2.60. The molecule has 0 saturated carbocycles. The first-order valence-corrected chi connectivity index (χ1v) is 5.64. The van der Waals surface area contributed by atoms with Gasteiger partial charge in [0.25, 0.3) is 0 Å². The normalized spacial score (nSPS) is 12.7. The van der Waals surface area contributed by atoms with Gasteiger partial charge in [-0.15, -0.1) is 5.10 Å². The molecule has 1 aromatic carbocycles. The summed E-state index contributed by atoms with van der Waals surface area (Å²) in [4.78, 5) is 0. The highest BCUT2D eigenvalue weighted by Crippen LogP contribution is 2.39. The summed E-state index contributed by atoms with van der Waals surface area (Å²) in [5.74, 6) is 0. The molecule has 9 heteroatoms. The van der Waals surface area contributed by atoms with E-state index in [1.807, 2.05) is 0 Å². The fraction of sp³-hybridized carbons (Fsp3) is 0.200. The molecule has 1 aromatic heterocycles. The van der Waals surface area contributed by atoms with Crippen LogP contribution in [-0.4, -0.2) is 21.2 Å². The molecule has 0 bridgehead atoms. The lowest BCUT2D eigenvalue weighted by molar-refractivity contribution is -0.328. The van der Waals surface area contributed by atoms with Crippen LogP contribution in [0.4, 0.5) is 22.0 Å². The van der Waals surface area contributed by atoms with E-state index in [1.54, 1.807) is 12.1 Å². The lowest BCUT2D eigenvalue weighted by atomic mass is 10.2. The van der Waals surface area contributed by atoms with Crippen LogP contribution in [0.5, 0.6) is 0 Å². The minimum atomic E-state index is -5.72. The Bertz CT molecular complexity index is 576. The molecule has 0 aliphatic rings. The van der Waals surface area contributed by atoms with Gasteiger partial charge in [0.05, 0.1) is 6.20 Å². The van der Waals surface area contributed by atoms with E-state index in [-0.39, 0.29) is 5.69 Å². The van der Waals surface area contributed by atoms with E-state index in [9.17, 15) is 22.0 Å². The van der Waals surface area contributed by atoms with Crippen molar-refractivity contribution in [1.29, 1.82) is 0 Å². The number of nitrogens with zero attached hydrogens (tertiary/aromatic N) is 3. The van der Waals surface area contributed by atoms with Crippen LogP contribution in [0.1, 0.15) is 0 Å². The Balaban J connectivity index is 2.37. The van der Waals surface area contributed by atoms with Gasteiger partial charge in [-0.3, -0.25) is 0 Å². The predicted octanol–water partition coefficient (Wildman–Crippen LogP) is 3.82. The lowest BCUT2D eigenvalue weighted by Crippen LogP contribution is -2.40. The Morgan fingerprint density at radius 2 is 1.58 bits per heavy atom. The van der Waals surface area contributed by atoms with Crippen LogP contribution in [-0.2, 0) is 6.05 Å². The topological polar surface area (TPSA) is 30.7 Å². The molecule has 0 amide bonds. The van der Waals surface area contributed by atoms with Crippen LogP contribution < -0.4 is 0 Å². The molecular weight excluding hydrogens is 337 g/mol. The monoisotopic (exact) mass is 341 g/mol. The number of halogens is 6. The highest BCUT2D eigenvalue weighted by atomic mass is 79.9. The summed E-state index contributed by atoms with van der Waals surface area (Å²) < 4.78 is 62.6. The molecule has 0 fully saturated rings. The molecule has 0 aliphatic heterocycles. The lowest BCUT2D eigenvalue weighted by Gasteiger charge is -2.18. The van der Waals surface area contributed by atoms with Crippen molar-refractivity contribution >= 4 is 15.9 Å². The van der Waals surface area contributed by atoms with E-state index in [0.29, 0.717) is 11.8 Å². The van der Waals surface area contributed by atoms with Gasteiger partial charge in [0.1, 0.15) is 5.69 Å². The summed E-state index contributed by atoms with van der Waals surface area (Å²) in [5.41, 5.74) is 0.309. The maximum Gasteiger partial charge on any atom is 0.477 e. The van der Waals surface area contributed by atoms with Crippen molar-refractivity contribution in [2.75, 3.05) is 0 Å². The van der Waals surface area contributed by atoms with Gasteiger partial charge in [-0.05, 0) is 12.1 Å². The minimum absolute atomic E-state index is 0.0728. The Labute approximate surface area is 112 Å². The first kappa shape index (κ1) is 13.9. The molecular formula is C10H5BrF5N3. The van der Waals surface area contributed by atoms with Gasteiger partial charge in [-0.25, -0.2) is 0 Å². The van der Waals surface area contributed by atoms with Crippen molar-refractivity contribution in [2.24, 2.45) is 0 Å². The van der Waals surface area contributed by atoms with Crippen molar-refractivity contribution in [3.05, 3.63) is 34.9 Å². The number of aromatic nitrogens is 3. The zero-order valence-electron chi connectivity index (χ0n) is 9.00. The van der Waals surface area contributed by atoms with Crippen LogP contribution in [0, 0.1) is 0 Å². The van der Waals surface area contributed by atoms with Gasteiger partial charge in [-0.1, -0.05) is 33.3 Å². The van der Waals surface area contributed by atoms with Gasteiger partial charge in [0.15, 0.2) is 0 Å². The number of rotatable bonds is 2. The number of benzene rings is 1. The standard InChI is InChI=1S/C10H5BrF5N3/c11-7-3-1-6(2-4-7)8-5-19(18-17-8)10(15,16)9(12,13)14/h1-5H. The zero-order valence-corrected chi connectivity index (χ0v) is 10.6. The first-order chi connectivity index (χ1) is 8.72. The largest absolute Gasteiger partial charge is 0.477 e. The molecule has 0 saturated heterocycles. The third-order valence-electron chi connectivity index (χ3n) is 2.26. The molecule has 0 spiro atoms. The fourth-order valence-corrected chi connectivity index (χ4v) is 1.55. The second-order valence-corrected chi connectivity index (χ2v) is 4.51. The van der Waals surface area contributed by atoms with E-state index in [0.717, 1.165) is 4.47 Å². The average Bonchev–Trinajstić information content (AvgIpc) is 2.78. The third kappa shape index (κ3) is 2.60. The quantitative estimate of drug-likeness (QED) is 0.777. The molecule has 2 aromatic rings. The van der Waals surface area contributed by atoms with Gasteiger partial charge >= 0.3 is 12.2 Å². The summed E-state index contributed by atoms with van der Waals surface area (Å²) in [6, 6.07) is 1.16.